The first-order chi connectivity index (χ1) is 18.0. The van der Waals surface area contributed by atoms with Crippen LogP contribution in [0.15, 0.2) is 55.0 Å². The number of carbonyl (C=O) groups is 1. The van der Waals surface area contributed by atoms with Gasteiger partial charge in [0.15, 0.2) is 0 Å². The van der Waals surface area contributed by atoms with Crippen LogP contribution in [0.25, 0.3) is 11.3 Å². The number of nitriles is 1. The van der Waals surface area contributed by atoms with Crippen LogP contribution in [0.5, 0.6) is 5.75 Å². The number of aromatic nitrogens is 5. The monoisotopic (exact) mass is 511 g/mol. The van der Waals surface area contributed by atoms with Crippen molar-refractivity contribution in [1.82, 2.24) is 30.0 Å². The van der Waals surface area contributed by atoms with Gasteiger partial charge in [-0.25, -0.2) is 9.97 Å². The summed E-state index contributed by atoms with van der Waals surface area (Å²) >= 11 is 0. The molecule has 0 fully saturated rings. The first-order valence-electron chi connectivity index (χ1n) is 12.5. The molecule has 0 spiro atoms. The Morgan fingerprint density at radius 1 is 1.18 bits per heavy atom. The average molecular weight is 512 g/mol. The van der Waals surface area contributed by atoms with Crippen LogP contribution in [0.2, 0.25) is 0 Å². The zero-order valence-corrected chi connectivity index (χ0v) is 22.6. The lowest BCUT2D eigenvalue weighted by Gasteiger charge is -2.18. The summed E-state index contributed by atoms with van der Waals surface area (Å²) in [6.07, 6.45) is 3.87. The molecule has 38 heavy (non-hydrogen) atoms. The van der Waals surface area contributed by atoms with Gasteiger partial charge in [-0.1, -0.05) is 45.0 Å². The highest BCUT2D eigenvalue weighted by Crippen LogP contribution is 2.27. The van der Waals surface area contributed by atoms with Gasteiger partial charge in [-0.15, -0.1) is 0 Å². The smallest absolute Gasteiger partial charge is 0.251 e. The molecule has 4 aromatic rings. The number of H-pyrrole nitrogens is 1. The SMILES string of the molecule is CC(C)Oc1ccc(C(=O)NC(Cc2ccc(-c3cn(C)c(C(C)(C)C)n3)cc2)c2ncn[nH]2)cc1C#N. The normalized spacial score (nSPS) is 12.3. The molecule has 0 aliphatic carbocycles. The Kier molecular flexibility index (Phi) is 7.62. The lowest BCUT2D eigenvalue weighted by molar-refractivity contribution is 0.0934. The van der Waals surface area contributed by atoms with Gasteiger partial charge in [-0.2, -0.15) is 10.4 Å². The zero-order chi connectivity index (χ0) is 27.4. The van der Waals surface area contributed by atoms with E-state index < -0.39 is 6.04 Å². The van der Waals surface area contributed by atoms with Crippen LogP contribution in [-0.2, 0) is 18.9 Å². The number of aryl methyl sites for hydroxylation is 1. The lowest BCUT2D eigenvalue weighted by atomic mass is 9.96. The molecule has 2 N–H and O–H groups in total. The molecular formula is C29H33N7O2. The lowest BCUT2D eigenvalue weighted by Crippen LogP contribution is -2.31. The Morgan fingerprint density at radius 3 is 2.50 bits per heavy atom. The molecule has 196 valence electrons. The van der Waals surface area contributed by atoms with Crippen molar-refractivity contribution in [3.63, 3.8) is 0 Å². The van der Waals surface area contributed by atoms with Gasteiger partial charge in [-0.05, 0) is 44.0 Å². The van der Waals surface area contributed by atoms with Gasteiger partial charge in [0.2, 0.25) is 0 Å². The Bertz CT molecular complexity index is 1440. The molecule has 2 aromatic heterocycles. The molecule has 0 radical (unpaired) electrons. The summed E-state index contributed by atoms with van der Waals surface area (Å²) in [4.78, 5) is 22.3. The van der Waals surface area contributed by atoms with Crippen molar-refractivity contribution in [2.75, 3.05) is 0 Å². The minimum Gasteiger partial charge on any atom is -0.490 e. The second kappa shape index (κ2) is 10.9. The Morgan fingerprint density at radius 2 is 1.92 bits per heavy atom. The molecular weight excluding hydrogens is 478 g/mol. The minimum absolute atomic E-state index is 0.0504. The molecule has 1 unspecified atom stereocenters. The topological polar surface area (TPSA) is 122 Å². The highest BCUT2D eigenvalue weighted by atomic mass is 16.5. The van der Waals surface area contributed by atoms with E-state index in [-0.39, 0.29) is 17.4 Å². The molecule has 1 amide bonds. The summed E-state index contributed by atoms with van der Waals surface area (Å²) in [6, 6.07) is 14.6. The second-order valence-corrected chi connectivity index (χ2v) is 10.6. The van der Waals surface area contributed by atoms with Crippen molar-refractivity contribution in [3.05, 3.63) is 83.3 Å². The van der Waals surface area contributed by atoms with Crippen LogP contribution in [0.3, 0.4) is 0 Å². The minimum atomic E-state index is -0.449. The fourth-order valence-corrected chi connectivity index (χ4v) is 4.31. The van der Waals surface area contributed by atoms with Crippen molar-refractivity contribution < 1.29 is 9.53 Å². The van der Waals surface area contributed by atoms with E-state index >= 15 is 0 Å². The molecule has 0 aliphatic heterocycles. The van der Waals surface area contributed by atoms with Gasteiger partial charge in [0, 0.05) is 29.8 Å². The van der Waals surface area contributed by atoms with E-state index in [9.17, 15) is 10.1 Å². The van der Waals surface area contributed by atoms with Gasteiger partial charge < -0.3 is 14.6 Å². The van der Waals surface area contributed by atoms with Crippen molar-refractivity contribution in [2.24, 2.45) is 7.05 Å². The van der Waals surface area contributed by atoms with Crippen LogP contribution < -0.4 is 10.1 Å². The van der Waals surface area contributed by atoms with Crippen LogP contribution >= 0.6 is 0 Å². The molecule has 2 heterocycles. The maximum Gasteiger partial charge on any atom is 0.251 e. The molecule has 9 nitrogen and oxygen atoms in total. The zero-order valence-electron chi connectivity index (χ0n) is 22.6. The van der Waals surface area contributed by atoms with Gasteiger partial charge in [0.1, 0.15) is 29.8 Å². The number of carbonyl (C=O) groups excluding carboxylic acids is 1. The quantitative estimate of drug-likeness (QED) is 0.348. The molecule has 0 aliphatic rings. The van der Waals surface area contributed by atoms with E-state index in [0.29, 0.717) is 29.1 Å². The van der Waals surface area contributed by atoms with Crippen LogP contribution in [0.1, 0.15) is 73.8 Å². The van der Waals surface area contributed by atoms with Crippen molar-refractivity contribution in [1.29, 1.82) is 5.26 Å². The van der Waals surface area contributed by atoms with E-state index in [1.807, 2.05) is 51.4 Å². The third kappa shape index (κ3) is 6.09. The molecule has 4 rings (SSSR count). The fourth-order valence-electron chi connectivity index (χ4n) is 4.31. The molecule has 9 heteroatoms. The predicted octanol–water partition coefficient (Wildman–Crippen LogP) is 4.88. The van der Waals surface area contributed by atoms with Crippen molar-refractivity contribution in [3.8, 4) is 23.1 Å². The Balaban J connectivity index is 1.53. The van der Waals surface area contributed by atoms with E-state index in [1.54, 1.807) is 12.1 Å². The second-order valence-electron chi connectivity index (χ2n) is 10.6. The number of aromatic amines is 1. The van der Waals surface area contributed by atoms with Crippen LogP contribution in [0, 0.1) is 11.3 Å². The molecule has 0 saturated heterocycles. The number of amides is 1. The summed E-state index contributed by atoms with van der Waals surface area (Å²) in [5, 5.41) is 19.4. The standard InChI is InChI=1S/C29H33N7O2/c1-18(2)38-25-12-11-21(14-22(25)15-30)27(37)33-23(26-31-17-32-35-26)13-19-7-9-20(10-8-19)24-16-36(6)28(34-24)29(3,4)5/h7-12,14,16-18,23H,13H2,1-6H3,(H,33,37)(H,31,32,35). The van der Waals surface area contributed by atoms with Gasteiger partial charge in [-0.3, -0.25) is 9.89 Å². The third-order valence-electron chi connectivity index (χ3n) is 6.03. The highest BCUT2D eigenvalue weighted by Gasteiger charge is 2.22. The number of hydrogen-bond donors (Lipinski definition) is 2. The van der Waals surface area contributed by atoms with Gasteiger partial charge >= 0.3 is 0 Å². The number of rotatable bonds is 8. The number of benzene rings is 2. The van der Waals surface area contributed by atoms with Crippen LogP contribution in [-0.4, -0.2) is 36.7 Å². The summed E-state index contributed by atoms with van der Waals surface area (Å²) in [5.74, 6) is 1.70. The van der Waals surface area contributed by atoms with Gasteiger partial charge in [0.25, 0.3) is 5.91 Å². The molecule has 0 bridgehead atoms. The highest BCUT2D eigenvalue weighted by molar-refractivity contribution is 5.95. The summed E-state index contributed by atoms with van der Waals surface area (Å²) < 4.78 is 7.74. The first-order valence-corrected chi connectivity index (χ1v) is 12.5. The Labute approximate surface area is 222 Å². The number of hydrogen-bond acceptors (Lipinski definition) is 6. The van der Waals surface area contributed by atoms with E-state index in [0.717, 1.165) is 22.6 Å². The van der Waals surface area contributed by atoms with E-state index in [1.165, 1.54) is 12.4 Å². The van der Waals surface area contributed by atoms with Crippen molar-refractivity contribution in [2.45, 2.75) is 58.6 Å². The number of nitrogens with one attached hydrogen (secondary N) is 2. The molecule has 0 saturated carbocycles. The fraction of sp³-hybridized carbons (Fsp3) is 0.345. The van der Waals surface area contributed by atoms with Crippen LogP contribution in [0.4, 0.5) is 0 Å². The van der Waals surface area contributed by atoms with E-state index in [4.69, 9.17) is 9.72 Å². The number of imidazole rings is 1. The van der Waals surface area contributed by atoms with E-state index in [2.05, 4.69) is 51.9 Å². The largest absolute Gasteiger partial charge is 0.490 e. The van der Waals surface area contributed by atoms with Gasteiger partial charge in [0.05, 0.1) is 23.4 Å². The van der Waals surface area contributed by atoms with Crippen molar-refractivity contribution >= 4 is 5.91 Å². The first kappa shape index (κ1) is 26.6. The summed E-state index contributed by atoms with van der Waals surface area (Å²) in [6.45, 7) is 10.2. The Hall–Kier alpha value is -4.45. The maximum atomic E-state index is 13.2. The maximum absolute atomic E-state index is 13.2. The summed E-state index contributed by atoms with van der Waals surface area (Å²) in [7, 11) is 2.01. The predicted molar refractivity (Wildman–Crippen MR) is 145 cm³/mol. The number of ether oxygens (including phenoxy) is 1. The third-order valence-corrected chi connectivity index (χ3v) is 6.03. The number of nitrogens with zero attached hydrogens (tertiary/aromatic N) is 5. The molecule has 2 aromatic carbocycles. The average Bonchev–Trinajstić information content (AvgIpc) is 3.54. The summed E-state index contributed by atoms with van der Waals surface area (Å²) in [5.41, 5.74) is 3.58. The molecule has 1 atom stereocenters.